The maximum atomic E-state index is 10.2. The minimum Gasteiger partial charge on any atom is -0.386 e. The summed E-state index contributed by atoms with van der Waals surface area (Å²) >= 11 is 1.47. The van der Waals surface area contributed by atoms with Gasteiger partial charge in [0.15, 0.2) is 0 Å². The lowest BCUT2D eigenvalue weighted by Crippen LogP contribution is -2.64. The number of nitrogens with zero attached hydrogens (tertiary/aromatic N) is 3. The lowest BCUT2D eigenvalue weighted by atomic mass is 9.83. The quantitative estimate of drug-likeness (QED) is 0.871. The van der Waals surface area contributed by atoms with Crippen molar-refractivity contribution in [3.05, 3.63) is 5.82 Å². The van der Waals surface area contributed by atoms with Crippen LogP contribution in [0.2, 0.25) is 0 Å². The summed E-state index contributed by atoms with van der Waals surface area (Å²) in [7, 11) is 0. The van der Waals surface area contributed by atoms with E-state index in [1.165, 1.54) is 24.4 Å². The first-order chi connectivity index (χ1) is 7.58. The maximum Gasteiger partial charge on any atom is 0.205 e. The third-order valence-corrected chi connectivity index (χ3v) is 4.44. The average Bonchev–Trinajstić information content (AvgIpc) is 2.92. The summed E-state index contributed by atoms with van der Waals surface area (Å²) in [5.41, 5.74) is -0.522. The van der Waals surface area contributed by atoms with Gasteiger partial charge in [0.05, 0.1) is 13.1 Å². The molecule has 1 aliphatic carbocycles. The van der Waals surface area contributed by atoms with E-state index in [1.54, 1.807) is 0 Å². The van der Waals surface area contributed by atoms with E-state index in [0.29, 0.717) is 24.9 Å². The SMILES string of the molecule is CC(C)C1(O)CN(c2nc(C3CC3)ns2)C1. The summed E-state index contributed by atoms with van der Waals surface area (Å²) < 4.78 is 4.38. The molecule has 3 rings (SSSR count). The predicted octanol–water partition coefficient (Wildman–Crippen LogP) is 1.62. The van der Waals surface area contributed by atoms with Crippen LogP contribution in [0, 0.1) is 5.92 Å². The van der Waals surface area contributed by atoms with Crippen molar-refractivity contribution < 1.29 is 5.11 Å². The highest BCUT2D eigenvalue weighted by Crippen LogP contribution is 2.41. The standard InChI is InChI=1S/C11H17N3OS/c1-7(2)11(15)5-14(6-11)10-12-9(13-16-10)8-3-4-8/h7-8,15H,3-6H2,1-2H3. The molecule has 16 heavy (non-hydrogen) atoms. The highest BCUT2D eigenvalue weighted by molar-refractivity contribution is 7.09. The van der Waals surface area contributed by atoms with Gasteiger partial charge in [-0.05, 0) is 18.8 Å². The molecule has 0 aromatic carbocycles. The van der Waals surface area contributed by atoms with Gasteiger partial charge >= 0.3 is 0 Å². The summed E-state index contributed by atoms with van der Waals surface area (Å²) in [6, 6.07) is 0. The smallest absolute Gasteiger partial charge is 0.205 e. The van der Waals surface area contributed by atoms with Gasteiger partial charge in [-0.3, -0.25) is 0 Å². The number of aliphatic hydroxyl groups is 1. The van der Waals surface area contributed by atoms with Crippen molar-refractivity contribution in [3.8, 4) is 0 Å². The van der Waals surface area contributed by atoms with E-state index < -0.39 is 5.60 Å². The summed E-state index contributed by atoms with van der Waals surface area (Å²) in [6.07, 6.45) is 2.48. The predicted molar refractivity (Wildman–Crippen MR) is 63.9 cm³/mol. The highest BCUT2D eigenvalue weighted by atomic mass is 32.1. The van der Waals surface area contributed by atoms with Gasteiger partial charge in [0.1, 0.15) is 11.4 Å². The summed E-state index contributed by atoms with van der Waals surface area (Å²) in [6.45, 7) is 5.52. The van der Waals surface area contributed by atoms with Crippen LogP contribution in [-0.4, -0.2) is 33.2 Å². The van der Waals surface area contributed by atoms with Crippen LogP contribution in [-0.2, 0) is 0 Å². The average molecular weight is 239 g/mol. The van der Waals surface area contributed by atoms with Gasteiger partial charge < -0.3 is 10.0 Å². The van der Waals surface area contributed by atoms with Gasteiger partial charge in [-0.2, -0.15) is 4.37 Å². The number of rotatable bonds is 3. The Labute approximate surface area is 99.5 Å². The van der Waals surface area contributed by atoms with E-state index in [-0.39, 0.29) is 0 Å². The monoisotopic (exact) mass is 239 g/mol. The Kier molecular flexibility index (Phi) is 2.23. The molecule has 1 aromatic heterocycles. The summed E-state index contributed by atoms with van der Waals surface area (Å²) in [4.78, 5) is 6.67. The molecule has 5 heteroatoms. The topological polar surface area (TPSA) is 49.2 Å². The first kappa shape index (κ1) is 10.5. The molecule has 1 aromatic rings. The van der Waals surface area contributed by atoms with Gasteiger partial charge in [-0.1, -0.05) is 13.8 Å². The molecule has 0 atom stereocenters. The molecule has 0 radical (unpaired) electrons. The lowest BCUT2D eigenvalue weighted by Gasteiger charge is -2.48. The largest absolute Gasteiger partial charge is 0.386 e. The second-order valence-corrected chi connectivity index (χ2v) is 6.05. The fourth-order valence-corrected chi connectivity index (χ4v) is 2.72. The van der Waals surface area contributed by atoms with Crippen LogP contribution in [0.25, 0.3) is 0 Å². The van der Waals surface area contributed by atoms with Crippen molar-refractivity contribution >= 4 is 16.7 Å². The van der Waals surface area contributed by atoms with E-state index in [0.717, 1.165) is 11.0 Å². The molecule has 1 saturated heterocycles. The third-order valence-electron chi connectivity index (χ3n) is 3.65. The molecule has 1 aliphatic heterocycles. The number of hydrogen-bond acceptors (Lipinski definition) is 5. The fourth-order valence-electron chi connectivity index (χ4n) is 1.98. The van der Waals surface area contributed by atoms with Crippen LogP contribution in [0.5, 0.6) is 0 Å². The van der Waals surface area contributed by atoms with Crippen molar-refractivity contribution in [1.29, 1.82) is 0 Å². The Morgan fingerprint density at radius 2 is 2.12 bits per heavy atom. The zero-order valence-corrected chi connectivity index (χ0v) is 10.5. The van der Waals surface area contributed by atoms with E-state index in [4.69, 9.17) is 0 Å². The second-order valence-electron chi connectivity index (χ2n) is 5.32. The number of anilines is 1. The Morgan fingerprint density at radius 3 is 2.69 bits per heavy atom. The third kappa shape index (κ3) is 1.62. The highest BCUT2D eigenvalue weighted by Gasteiger charge is 2.45. The first-order valence-corrected chi connectivity index (χ1v) is 6.67. The zero-order chi connectivity index (χ0) is 11.3. The number of β-amino-alcohol motifs (C(OH)–C–C–N with tert-alkyl or cyclic N) is 1. The van der Waals surface area contributed by atoms with Gasteiger partial charge in [0.2, 0.25) is 5.13 Å². The number of aromatic nitrogens is 2. The Morgan fingerprint density at radius 1 is 1.44 bits per heavy atom. The van der Waals surface area contributed by atoms with Gasteiger partial charge in [-0.15, -0.1) is 0 Å². The molecule has 2 heterocycles. The van der Waals surface area contributed by atoms with Crippen LogP contribution in [0.3, 0.4) is 0 Å². The Bertz CT molecular complexity index is 394. The van der Waals surface area contributed by atoms with E-state index in [2.05, 4.69) is 28.1 Å². The molecule has 0 unspecified atom stereocenters. The van der Waals surface area contributed by atoms with Crippen molar-refractivity contribution in [1.82, 2.24) is 9.36 Å². The van der Waals surface area contributed by atoms with E-state index >= 15 is 0 Å². The van der Waals surface area contributed by atoms with Crippen molar-refractivity contribution in [2.75, 3.05) is 18.0 Å². The molecular formula is C11H17N3OS. The molecule has 1 N–H and O–H groups in total. The molecule has 4 nitrogen and oxygen atoms in total. The molecular weight excluding hydrogens is 222 g/mol. The summed E-state index contributed by atoms with van der Waals surface area (Å²) in [5.74, 6) is 1.94. The zero-order valence-electron chi connectivity index (χ0n) is 9.68. The molecule has 0 spiro atoms. The molecule has 2 aliphatic rings. The molecule has 0 bridgehead atoms. The van der Waals surface area contributed by atoms with Gasteiger partial charge in [-0.25, -0.2) is 4.98 Å². The van der Waals surface area contributed by atoms with Crippen molar-refractivity contribution in [2.24, 2.45) is 5.92 Å². The molecule has 1 saturated carbocycles. The Balaban J connectivity index is 1.66. The van der Waals surface area contributed by atoms with Crippen LogP contribution in [0.15, 0.2) is 0 Å². The van der Waals surface area contributed by atoms with E-state index in [9.17, 15) is 5.11 Å². The molecule has 2 fully saturated rings. The summed E-state index contributed by atoms with van der Waals surface area (Å²) in [5, 5.41) is 11.1. The maximum absolute atomic E-state index is 10.2. The van der Waals surface area contributed by atoms with Gasteiger partial charge in [0, 0.05) is 17.5 Å². The normalized spacial score (nSPS) is 23.6. The van der Waals surface area contributed by atoms with Crippen molar-refractivity contribution in [3.63, 3.8) is 0 Å². The minimum absolute atomic E-state index is 0.305. The second kappa shape index (κ2) is 3.40. The Hall–Kier alpha value is -0.680. The van der Waals surface area contributed by atoms with Crippen LogP contribution in [0.1, 0.15) is 38.4 Å². The van der Waals surface area contributed by atoms with Gasteiger partial charge in [0.25, 0.3) is 0 Å². The number of hydrogen-bond donors (Lipinski definition) is 1. The fraction of sp³-hybridized carbons (Fsp3) is 0.818. The van der Waals surface area contributed by atoms with E-state index in [1.807, 2.05) is 0 Å². The first-order valence-electron chi connectivity index (χ1n) is 5.89. The lowest BCUT2D eigenvalue weighted by molar-refractivity contribution is -0.0300. The minimum atomic E-state index is -0.522. The van der Waals surface area contributed by atoms with Crippen LogP contribution in [0.4, 0.5) is 5.13 Å². The molecule has 88 valence electrons. The van der Waals surface area contributed by atoms with Crippen LogP contribution >= 0.6 is 11.5 Å². The van der Waals surface area contributed by atoms with Crippen LogP contribution < -0.4 is 4.90 Å². The van der Waals surface area contributed by atoms with Crippen molar-refractivity contribution in [2.45, 2.75) is 38.2 Å². The molecule has 0 amide bonds.